The van der Waals surface area contributed by atoms with Crippen LogP contribution in [0, 0.1) is 5.92 Å². The second-order valence-corrected chi connectivity index (χ2v) is 4.46. The molecule has 0 spiro atoms. The zero-order valence-electron chi connectivity index (χ0n) is 8.42. The van der Waals surface area contributed by atoms with Crippen molar-refractivity contribution in [2.75, 3.05) is 6.54 Å². The first-order chi connectivity index (χ1) is 6.18. The van der Waals surface area contributed by atoms with Crippen molar-refractivity contribution in [2.24, 2.45) is 5.92 Å². The molecule has 0 aromatic heterocycles. The van der Waals surface area contributed by atoms with Gasteiger partial charge in [0.25, 0.3) is 0 Å². The Hall–Kier alpha value is -0.790. The summed E-state index contributed by atoms with van der Waals surface area (Å²) in [4.78, 5) is 13.8. The lowest BCUT2D eigenvalue weighted by atomic mass is 10.1. The maximum Gasteiger partial charge on any atom is 0.246 e. The molecule has 13 heavy (non-hydrogen) atoms. The number of likely N-dealkylation sites (tertiary alicyclic amines) is 1. The Morgan fingerprint density at radius 3 is 2.92 bits per heavy atom. The van der Waals surface area contributed by atoms with Crippen molar-refractivity contribution >= 4 is 5.91 Å². The van der Waals surface area contributed by atoms with Gasteiger partial charge in [-0.05, 0) is 39.0 Å². The van der Waals surface area contributed by atoms with E-state index in [4.69, 9.17) is 0 Å². The molecule has 0 unspecified atom stereocenters. The maximum atomic E-state index is 11.7. The van der Waals surface area contributed by atoms with Crippen molar-refractivity contribution in [1.29, 1.82) is 0 Å². The fourth-order valence-corrected chi connectivity index (χ4v) is 2.22. The predicted octanol–water partition coefficient (Wildman–Crippen LogP) is 1.96. The Morgan fingerprint density at radius 1 is 1.46 bits per heavy atom. The van der Waals surface area contributed by atoms with Crippen LogP contribution in [-0.4, -0.2) is 23.4 Å². The molecule has 0 radical (unpaired) electrons. The molecule has 72 valence electrons. The first-order valence-corrected chi connectivity index (χ1v) is 5.14. The van der Waals surface area contributed by atoms with Gasteiger partial charge in [-0.3, -0.25) is 4.79 Å². The van der Waals surface area contributed by atoms with Gasteiger partial charge in [0.15, 0.2) is 0 Å². The molecule has 2 aliphatic rings. The average Bonchev–Trinajstić information content (AvgIpc) is 2.79. The number of carbonyl (C=O) groups is 1. The van der Waals surface area contributed by atoms with E-state index in [9.17, 15) is 4.79 Å². The summed E-state index contributed by atoms with van der Waals surface area (Å²) in [7, 11) is 0. The zero-order valence-corrected chi connectivity index (χ0v) is 8.42. The minimum absolute atomic E-state index is 0.229. The van der Waals surface area contributed by atoms with Crippen LogP contribution in [0.15, 0.2) is 11.6 Å². The number of hydrogen-bond acceptors (Lipinski definition) is 1. The van der Waals surface area contributed by atoms with Gasteiger partial charge in [-0.15, -0.1) is 0 Å². The van der Waals surface area contributed by atoms with Gasteiger partial charge in [0.1, 0.15) is 0 Å². The van der Waals surface area contributed by atoms with Crippen molar-refractivity contribution in [2.45, 2.75) is 39.2 Å². The van der Waals surface area contributed by atoms with Crippen molar-refractivity contribution < 1.29 is 4.79 Å². The third-order valence-corrected chi connectivity index (χ3v) is 2.95. The molecule has 2 nitrogen and oxygen atoms in total. The monoisotopic (exact) mass is 179 g/mol. The topological polar surface area (TPSA) is 20.3 Å². The van der Waals surface area contributed by atoms with Crippen LogP contribution in [0.3, 0.4) is 0 Å². The fraction of sp³-hybridized carbons (Fsp3) is 0.727. The fourth-order valence-electron chi connectivity index (χ4n) is 2.22. The summed E-state index contributed by atoms with van der Waals surface area (Å²) in [5, 5.41) is 0. The predicted molar refractivity (Wildman–Crippen MR) is 52.3 cm³/mol. The van der Waals surface area contributed by atoms with E-state index < -0.39 is 0 Å². The first-order valence-electron chi connectivity index (χ1n) is 5.14. The van der Waals surface area contributed by atoms with E-state index in [0.29, 0.717) is 6.04 Å². The summed E-state index contributed by atoms with van der Waals surface area (Å²) in [5.41, 5.74) is 1.10. The highest BCUT2D eigenvalue weighted by Crippen LogP contribution is 2.43. The molecule has 0 aromatic carbocycles. The van der Waals surface area contributed by atoms with E-state index >= 15 is 0 Å². The summed E-state index contributed by atoms with van der Waals surface area (Å²) < 4.78 is 0. The minimum atomic E-state index is 0.229. The first kappa shape index (κ1) is 8.79. The molecular formula is C11H17NO. The second-order valence-electron chi connectivity index (χ2n) is 4.46. The number of hydrogen-bond donors (Lipinski definition) is 0. The third kappa shape index (κ3) is 1.77. The standard InChI is InChI=1S/C11H17NO/c1-8(2)6-11(13)12-5-3-4-9-7-10(9)12/h6,9-10H,3-5,7H2,1-2H3/t9-,10+/m1/s1. The molecule has 2 heteroatoms. The van der Waals surface area contributed by atoms with Gasteiger partial charge in [-0.1, -0.05) is 5.57 Å². The molecule has 1 aliphatic carbocycles. The van der Waals surface area contributed by atoms with Gasteiger partial charge >= 0.3 is 0 Å². The molecule has 1 aliphatic heterocycles. The number of fused-ring (bicyclic) bond motifs is 1. The largest absolute Gasteiger partial charge is 0.336 e. The van der Waals surface area contributed by atoms with E-state index in [0.717, 1.165) is 18.0 Å². The Bertz CT molecular complexity index is 253. The van der Waals surface area contributed by atoms with E-state index in [1.165, 1.54) is 19.3 Å². The molecule has 0 bridgehead atoms. The van der Waals surface area contributed by atoms with Crippen LogP contribution in [0.5, 0.6) is 0 Å². The van der Waals surface area contributed by atoms with Gasteiger partial charge in [-0.2, -0.15) is 0 Å². The van der Waals surface area contributed by atoms with Crippen molar-refractivity contribution in [3.63, 3.8) is 0 Å². The van der Waals surface area contributed by atoms with Gasteiger partial charge in [0, 0.05) is 18.7 Å². The average molecular weight is 179 g/mol. The molecular weight excluding hydrogens is 162 g/mol. The highest BCUT2D eigenvalue weighted by atomic mass is 16.2. The highest BCUT2D eigenvalue weighted by Gasteiger charge is 2.45. The summed E-state index contributed by atoms with van der Waals surface area (Å²) in [6, 6.07) is 0.594. The third-order valence-electron chi connectivity index (χ3n) is 2.95. The van der Waals surface area contributed by atoms with Crippen LogP contribution in [0.1, 0.15) is 33.1 Å². The highest BCUT2D eigenvalue weighted by molar-refractivity contribution is 5.88. The van der Waals surface area contributed by atoms with Crippen molar-refractivity contribution in [3.8, 4) is 0 Å². The molecule has 2 atom stereocenters. The van der Waals surface area contributed by atoms with E-state index in [-0.39, 0.29) is 5.91 Å². The maximum absolute atomic E-state index is 11.7. The minimum Gasteiger partial charge on any atom is -0.336 e. The number of nitrogens with zero attached hydrogens (tertiary/aromatic N) is 1. The van der Waals surface area contributed by atoms with Crippen LogP contribution in [0.4, 0.5) is 0 Å². The van der Waals surface area contributed by atoms with Gasteiger partial charge in [0.2, 0.25) is 5.91 Å². The lowest BCUT2D eigenvalue weighted by Gasteiger charge is -2.25. The lowest BCUT2D eigenvalue weighted by molar-refractivity contribution is -0.127. The zero-order chi connectivity index (χ0) is 9.42. The second kappa shape index (κ2) is 3.17. The van der Waals surface area contributed by atoms with Gasteiger partial charge < -0.3 is 4.90 Å². The van der Waals surface area contributed by atoms with Crippen molar-refractivity contribution in [3.05, 3.63) is 11.6 Å². The van der Waals surface area contributed by atoms with Crippen LogP contribution < -0.4 is 0 Å². The number of piperidine rings is 1. The quantitative estimate of drug-likeness (QED) is 0.563. The van der Waals surface area contributed by atoms with E-state index in [1.807, 2.05) is 13.8 Å². The summed E-state index contributed by atoms with van der Waals surface area (Å²) in [5.74, 6) is 1.07. The van der Waals surface area contributed by atoms with Crippen LogP contribution in [0.2, 0.25) is 0 Å². The summed E-state index contributed by atoms with van der Waals surface area (Å²) in [6.07, 6.45) is 5.55. The molecule has 2 fully saturated rings. The number of rotatable bonds is 1. The normalized spacial score (nSPS) is 30.8. The molecule has 2 rings (SSSR count). The number of amides is 1. The Kier molecular flexibility index (Phi) is 2.14. The van der Waals surface area contributed by atoms with Crippen molar-refractivity contribution in [1.82, 2.24) is 4.90 Å². The molecule has 0 N–H and O–H groups in total. The van der Waals surface area contributed by atoms with Crippen LogP contribution >= 0.6 is 0 Å². The summed E-state index contributed by atoms with van der Waals surface area (Å²) in [6.45, 7) is 4.93. The molecule has 1 saturated heterocycles. The van der Waals surface area contributed by atoms with Gasteiger partial charge in [-0.25, -0.2) is 0 Å². The Morgan fingerprint density at radius 2 is 2.23 bits per heavy atom. The molecule has 1 saturated carbocycles. The molecule has 1 amide bonds. The Balaban J connectivity index is 2.00. The number of allylic oxidation sites excluding steroid dienone is 1. The SMILES string of the molecule is CC(C)=CC(=O)N1CCC[C@@H]2C[C@@H]21. The van der Waals surface area contributed by atoms with E-state index in [1.54, 1.807) is 6.08 Å². The smallest absolute Gasteiger partial charge is 0.246 e. The van der Waals surface area contributed by atoms with Gasteiger partial charge in [0.05, 0.1) is 0 Å². The summed E-state index contributed by atoms with van der Waals surface area (Å²) >= 11 is 0. The Labute approximate surface area is 79.6 Å². The molecule has 0 aromatic rings. The number of carbonyl (C=O) groups excluding carboxylic acids is 1. The van der Waals surface area contributed by atoms with Crippen LogP contribution in [-0.2, 0) is 4.79 Å². The van der Waals surface area contributed by atoms with Crippen LogP contribution in [0.25, 0.3) is 0 Å². The van der Waals surface area contributed by atoms with E-state index in [2.05, 4.69) is 4.90 Å². The lowest BCUT2D eigenvalue weighted by Crippen LogP contribution is -2.36. The molecule has 1 heterocycles.